The minimum Gasteiger partial charge on any atom is -0.391 e. The SMILES string of the molecule is CC[C@H](C)[C@@H]([C@@H](CC(=O)N1CC(O)C[C@H]1[C@H](OC)[C@@H](C)C(=O)NCCc1c(F)cccc1F)OC)N(C)C(=O)[C@@H](NC(=O)[C@@H](NC)C(C)C)C(C)C. The molecule has 4 N–H and O–H groups in total. The van der Waals surface area contributed by atoms with E-state index in [2.05, 4.69) is 16.0 Å². The van der Waals surface area contributed by atoms with Crippen molar-refractivity contribution in [3.8, 4) is 0 Å². The molecule has 296 valence electrons. The number of aliphatic hydroxyl groups excluding tert-OH is 1. The van der Waals surface area contributed by atoms with Gasteiger partial charge in [-0.3, -0.25) is 19.2 Å². The highest BCUT2D eigenvalue weighted by Gasteiger charge is 2.45. The zero-order valence-corrected chi connectivity index (χ0v) is 32.9. The van der Waals surface area contributed by atoms with Crippen LogP contribution in [-0.2, 0) is 35.1 Å². The number of hydrogen-bond acceptors (Lipinski definition) is 8. The first-order chi connectivity index (χ1) is 24.4. The summed E-state index contributed by atoms with van der Waals surface area (Å²) in [5.74, 6) is -3.81. The van der Waals surface area contributed by atoms with Gasteiger partial charge in [-0.05, 0) is 49.8 Å². The van der Waals surface area contributed by atoms with Crippen molar-refractivity contribution in [3.63, 3.8) is 0 Å². The van der Waals surface area contributed by atoms with Gasteiger partial charge in [-0.15, -0.1) is 0 Å². The normalized spacial score (nSPS) is 20.2. The number of likely N-dealkylation sites (tertiary alicyclic amines) is 1. The maximum absolute atomic E-state index is 14.1. The predicted octanol–water partition coefficient (Wildman–Crippen LogP) is 2.90. The predicted molar refractivity (Wildman–Crippen MR) is 195 cm³/mol. The molecule has 4 amide bonds. The van der Waals surface area contributed by atoms with E-state index in [0.29, 0.717) is 6.42 Å². The van der Waals surface area contributed by atoms with Gasteiger partial charge in [-0.1, -0.05) is 61.0 Å². The second-order valence-electron chi connectivity index (χ2n) is 14.8. The van der Waals surface area contributed by atoms with Crippen LogP contribution in [0.3, 0.4) is 0 Å². The number of aliphatic hydroxyl groups is 1. The van der Waals surface area contributed by atoms with Crippen molar-refractivity contribution in [1.29, 1.82) is 0 Å². The van der Waals surface area contributed by atoms with Gasteiger partial charge in [0.15, 0.2) is 0 Å². The number of likely N-dealkylation sites (N-methyl/N-ethyl adjacent to an activating group) is 2. The van der Waals surface area contributed by atoms with E-state index >= 15 is 0 Å². The van der Waals surface area contributed by atoms with Crippen molar-refractivity contribution < 1.29 is 42.5 Å². The van der Waals surface area contributed by atoms with Crippen molar-refractivity contribution in [2.45, 2.75) is 117 Å². The van der Waals surface area contributed by atoms with Crippen molar-refractivity contribution in [3.05, 3.63) is 35.4 Å². The fourth-order valence-electron chi connectivity index (χ4n) is 7.29. The first-order valence-corrected chi connectivity index (χ1v) is 18.4. The van der Waals surface area contributed by atoms with Crippen LogP contribution in [0.4, 0.5) is 8.78 Å². The number of amides is 4. The first kappa shape index (κ1) is 45.0. The molecule has 0 radical (unpaired) electrons. The van der Waals surface area contributed by atoms with Crippen molar-refractivity contribution in [2.75, 3.05) is 41.4 Å². The lowest BCUT2D eigenvalue weighted by Crippen LogP contribution is -2.59. The van der Waals surface area contributed by atoms with Crippen LogP contribution < -0.4 is 16.0 Å². The number of methoxy groups -OCH3 is 2. The Hall–Kier alpha value is -3.20. The van der Waals surface area contributed by atoms with Gasteiger partial charge in [-0.25, -0.2) is 8.78 Å². The van der Waals surface area contributed by atoms with Crippen molar-refractivity contribution in [1.82, 2.24) is 25.8 Å². The Labute approximate surface area is 308 Å². The Kier molecular flexibility index (Phi) is 18.1. The summed E-state index contributed by atoms with van der Waals surface area (Å²) in [5.41, 5.74) is -0.122. The highest BCUT2D eigenvalue weighted by atomic mass is 19.1. The number of β-amino-alcohol motifs (C(OH)–C–C–N with tert-alkyl or cyclic N) is 1. The molecule has 1 saturated heterocycles. The van der Waals surface area contributed by atoms with Crippen LogP contribution in [0.15, 0.2) is 18.2 Å². The summed E-state index contributed by atoms with van der Waals surface area (Å²) in [6.07, 6.45) is -1.71. The van der Waals surface area contributed by atoms with E-state index in [1.54, 1.807) is 25.9 Å². The zero-order valence-electron chi connectivity index (χ0n) is 32.9. The van der Waals surface area contributed by atoms with Gasteiger partial charge in [0.2, 0.25) is 23.6 Å². The highest BCUT2D eigenvalue weighted by Crippen LogP contribution is 2.30. The fourth-order valence-corrected chi connectivity index (χ4v) is 7.29. The second-order valence-corrected chi connectivity index (χ2v) is 14.8. The molecule has 1 aliphatic heterocycles. The lowest BCUT2D eigenvalue weighted by atomic mass is 9.89. The molecule has 1 aromatic rings. The van der Waals surface area contributed by atoms with E-state index in [1.807, 2.05) is 41.5 Å². The molecular weight excluding hydrogens is 676 g/mol. The summed E-state index contributed by atoms with van der Waals surface area (Å²) in [5, 5.41) is 19.4. The molecule has 1 unspecified atom stereocenters. The van der Waals surface area contributed by atoms with E-state index in [1.165, 1.54) is 25.2 Å². The van der Waals surface area contributed by atoms with Gasteiger partial charge in [0.1, 0.15) is 17.7 Å². The van der Waals surface area contributed by atoms with Crippen molar-refractivity contribution >= 4 is 23.6 Å². The van der Waals surface area contributed by atoms with Crippen LogP contribution in [-0.4, -0.2) is 122 Å². The number of halogens is 2. The molecule has 52 heavy (non-hydrogen) atoms. The Morgan fingerprint density at radius 2 is 1.58 bits per heavy atom. The molecule has 2 rings (SSSR count). The molecular formula is C38H63F2N5O7. The number of nitrogens with zero attached hydrogens (tertiary/aromatic N) is 2. The average Bonchev–Trinajstić information content (AvgIpc) is 3.48. The lowest BCUT2D eigenvalue weighted by Gasteiger charge is -2.41. The summed E-state index contributed by atoms with van der Waals surface area (Å²) in [7, 11) is 6.29. The highest BCUT2D eigenvalue weighted by molar-refractivity contribution is 5.90. The van der Waals surface area contributed by atoms with Gasteiger partial charge < -0.3 is 40.3 Å². The van der Waals surface area contributed by atoms with Gasteiger partial charge in [0.25, 0.3) is 0 Å². The van der Waals surface area contributed by atoms with Crippen LogP contribution in [0, 0.1) is 35.3 Å². The third-order valence-corrected chi connectivity index (χ3v) is 10.5. The van der Waals surface area contributed by atoms with Gasteiger partial charge >= 0.3 is 0 Å². The minimum absolute atomic E-state index is 0.00178. The molecule has 1 aromatic carbocycles. The monoisotopic (exact) mass is 739 g/mol. The van der Waals surface area contributed by atoms with Crippen LogP contribution in [0.2, 0.25) is 0 Å². The van der Waals surface area contributed by atoms with E-state index in [0.717, 1.165) is 12.1 Å². The number of ether oxygens (including phenoxy) is 2. The molecule has 1 aliphatic rings. The molecule has 14 heteroatoms. The maximum Gasteiger partial charge on any atom is 0.245 e. The number of hydrogen-bond donors (Lipinski definition) is 4. The van der Waals surface area contributed by atoms with Gasteiger partial charge in [0.05, 0.1) is 48.8 Å². The molecule has 1 heterocycles. The molecule has 0 saturated carbocycles. The van der Waals surface area contributed by atoms with Gasteiger partial charge in [-0.2, -0.15) is 0 Å². The summed E-state index contributed by atoms with van der Waals surface area (Å²) in [6.45, 7) is 13.2. The molecule has 1 fully saturated rings. The Bertz CT molecular complexity index is 1310. The van der Waals surface area contributed by atoms with Crippen LogP contribution in [0.5, 0.6) is 0 Å². The fraction of sp³-hybridized carbons (Fsp3) is 0.737. The summed E-state index contributed by atoms with van der Waals surface area (Å²) in [4.78, 5) is 57.6. The zero-order chi connectivity index (χ0) is 39.4. The summed E-state index contributed by atoms with van der Waals surface area (Å²) in [6, 6.07) is 1.10. The van der Waals surface area contributed by atoms with Crippen LogP contribution in [0.25, 0.3) is 0 Å². The van der Waals surface area contributed by atoms with Crippen LogP contribution >= 0.6 is 0 Å². The number of nitrogens with one attached hydrogen (secondary N) is 3. The van der Waals surface area contributed by atoms with E-state index in [9.17, 15) is 33.1 Å². The smallest absolute Gasteiger partial charge is 0.245 e. The number of carbonyl (C=O) groups excluding carboxylic acids is 4. The maximum atomic E-state index is 14.1. The van der Waals surface area contributed by atoms with Crippen molar-refractivity contribution in [2.24, 2.45) is 23.7 Å². The minimum atomic E-state index is -0.857. The molecule has 0 spiro atoms. The first-order valence-electron chi connectivity index (χ1n) is 18.4. The standard InChI is InChI=1S/C38H63F2N5O7/c1-12-23(6)34(44(9)38(50)33(22(4)5)43-37(49)32(41-8)21(2)3)30(51-10)19-31(47)45-20-25(46)18-29(45)35(52-11)24(7)36(48)42-17-16-26-27(39)14-13-15-28(26)40/h13-15,21-25,29-30,32-35,41,46H,12,16-20H2,1-11H3,(H,42,48)(H,43,49)/t23-,24+,25?,29-,30+,32-,33-,34-,35+/m0/s1. The average molecular weight is 740 g/mol. The van der Waals surface area contributed by atoms with E-state index in [-0.39, 0.29) is 73.4 Å². The second kappa shape index (κ2) is 20.9. The largest absolute Gasteiger partial charge is 0.391 e. The quantitative estimate of drug-likeness (QED) is 0.160. The van der Waals surface area contributed by atoms with Gasteiger partial charge in [0, 0.05) is 39.9 Å². The number of carbonyl (C=O) groups is 4. The van der Waals surface area contributed by atoms with Crippen LogP contribution in [0.1, 0.15) is 73.3 Å². The molecule has 0 aromatic heterocycles. The Balaban J connectivity index is 2.25. The summed E-state index contributed by atoms with van der Waals surface area (Å²) >= 11 is 0. The number of rotatable bonds is 20. The number of benzene rings is 1. The molecule has 0 bridgehead atoms. The Morgan fingerprint density at radius 1 is 0.981 bits per heavy atom. The molecule has 0 aliphatic carbocycles. The van der Waals surface area contributed by atoms with E-state index < -0.39 is 65.9 Å². The molecule has 9 atom stereocenters. The lowest BCUT2D eigenvalue weighted by molar-refractivity contribution is -0.147. The molecule has 12 nitrogen and oxygen atoms in total. The summed E-state index contributed by atoms with van der Waals surface area (Å²) < 4.78 is 39.9. The third kappa shape index (κ3) is 11.4. The Morgan fingerprint density at radius 3 is 2.08 bits per heavy atom. The third-order valence-electron chi connectivity index (χ3n) is 10.5. The van der Waals surface area contributed by atoms with E-state index in [4.69, 9.17) is 9.47 Å². The topological polar surface area (TPSA) is 150 Å².